The molecule has 3 amide bonds. The van der Waals surface area contributed by atoms with Gasteiger partial charge < -0.3 is 24.6 Å². The summed E-state index contributed by atoms with van der Waals surface area (Å²) in [6.45, 7) is 6.60. The fraction of sp³-hybridized carbons (Fsp3) is 0.529. The van der Waals surface area contributed by atoms with Crippen molar-refractivity contribution in [1.29, 1.82) is 0 Å². The summed E-state index contributed by atoms with van der Waals surface area (Å²) in [6.07, 6.45) is -0.222. The Morgan fingerprint density at radius 3 is 2.71 bits per heavy atom. The molecule has 1 aromatic carbocycles. The average Bonchev–Trinajstić information content (AvgIpc) is 2.92. The van der Waals surface area contributed by atoms with Crippen LogP contribution in [-0.4, -0.2) is 60.4 Å². The lowest BCUT2D eigenvalue weighted by Gasteiger charge is -2.35. The van der Waals surface area contributed by atoms with E-state index >= 15 is 0 Å². The molecule has 2 heterocycles. The van der Waals surface area contributed by atoms with Crippen LogP contribution in [0.25, 0.3) is 0 Å². The van der Waals surface area contributed by atoms with Gasteiger partial charge in [-0.15, -0.1) is 0 Å². The van der Waals surface area contributed by atoms with Gasteiger partial charge in [0.05, 0.1) is 18.8 Å². The number of morpholine rings is 1. The summed E-state index contributed by atoms with van der Waals surface area (Å²) in [5.41, 5.74) is 1.67. The molecule has 0 bridgehead atoms. The molecule has 7 nitrogen and oxygen atoms in total. The van der Waals surface area contributed by atoms with Crippen molar-refractivity contribution in [2.24, 2.45) is 0 Å². The Labute approximate surface area is 141 Å². The molecule has 1 aromatic rings. The molecule has 2 atom stereocenters. The first-order valence-electron chi connectivity index (χ1n) is 8.23. The Bertz CT molecular complexity index is 612. The Morgan fingerprint density at radius 1 is 1.29 bits per heavy atom. The smallest absolute Gasteiger partial charge is 0.410 e. The van der Waals surface area contributed by atoms with E-state index in [0.29, 0.717) is 32.8 Å². The number of nitrogens with zero attached hydrogens (tertiary/aromatic N) is 2. The molecule has 2 saturated heterocycles. The highest BCUT2D eigenvalue weighted by atomic mass is 16.6. The number of benzene rings is 1. The van der Waals surface area contributed by atoms with E-state index in [0.717, 1.165) is 11.3 Å². The summed E-state index contributed by atoms with van der Waals surface area (Å²) in [6, 6.07) is 7.40. The first-order valence-corrected chi connectivity index (χ1v) is 8.23. The standard InChI is InChI=1S/C17H23N3O4/c1-12-9-20(10-13(2)24-12)16(21)18-15-5-3-4-14(8-15)11-19-6-7-23-17(19)22/h3-5,8,12-13H,6-7,9-11H2,1-2H3,(H,18,21)/t12-,13-/m0/s1. The van der Waals surface area contributed by atoms with Crippen LogP contribution in [0, 0.1) is 0 Å². The Morgan fingerprint density at radius 2 is 2.04 bits per heavy atom. The monoisotopic (exact) mass is 333 g/mol. The summed E-state index contributed by atoms with van der Waals surface area (Å²) in [5, 5.41) is 2.93. The van der Waals surface area contributed by atoms with Crippen LogP contribution in [-0.2, 0) is 16.0 Å². The van der Waals surface area contributed by atoms with E-state index in [1.807, 2.05) is 38.1 Å². The van der Waals surface area contributed by atoms with Crippen LogP contribution in [0.15, 0.2) is 24.3 Å². The van der Waals surface area contributed by atoms with Crippen molar-refractivity contribution in [3.8, 4) is 0 Å². The van der Waals surface area contributed by atoms with Crippen molar-refractivity contribution in [2.75, 3.05) is 31.6 Å². The van der Waals surface area contributed by atoms with E-state index in [1.165, 1.54) is 0 Å². The summed E-state index contributed by atoms with van der Waals surface area (Å²) in [5.74, 6) is 0. The number of carbonyl (C=O) groups is 2. The Balaban J connectivity index is 1.61. The van der Waals surface area contributed by atoms with Crippen LogP contribution in [0.3, 0.4) is 0 Å². The van der Waals surface area contributed by atoms with Crippen molar-refractivity contribution in [2.45, 2.75) is 32.6 Å². The molecule has 1 N–H and O–H groups in total. The van der Waals surface area contributed by atoms with Crippen LogP contribution in [0.5, 0.6) is 0 Å². The topological polar surface area (TPSA) is 71.1 Å². The number of cyclic esters (lactones) is 1. The third kappa shape index (κ3) is 3.97. The molecular formula is C17H23N3O4. The van der Waals surface area contributed by atoms with Gasteiger partial charge in [-0.25, -0.2) is 9.59 Å². The quantitative estimate of drug-likeness (QED) is 0.921. The van der Waals surface area contributed by atoms with E-state index < -0.39 is 0 Å². The predicted molar refractivity (Wildman–Crippen MR) is 88.8 cm³/mol. The highest BCUT2D eigenvalue weighted by Gasteiger charge is 2.26. The maximum absolute atomic E-state index is 12.4. The summed E-state index contributed by atoms with van der Waals surface area (Å²) in [4.78, 5) is 27.4. The normalized spacial score (nSPS) is 24.0. The van der Waals surface area contributed by atoms with Gasteiger partial charge in [-0.1, -0.05) is 12.1 Å². The second-order valence-electron chi connectivity index (χ2n) is 6.33. The predicted octanol–water partition coefficient (Wildman–Crippen LogP) is 2.28. The van der Waals surface area contributed by atoms with Gasteiger partial charge in [0.25, 0.3) is 0 Å². The van der Waals surface area contributed by atoms with Crippen LogP contribution in [0.2, 0.25) is 0 Å². The van der Waals surface area contributed by atoms with Gasteiger partial charge in [-0.05, 0) is 31.5 Å². The number of urea groups is 1. The second-order valence-corrected chi connectivity index (χ2v) is 6.33. The van der Waals surface area contributed by atoms with Gasteiger partial charge in [0.1, 0.15) is 6.61 Å². The average molecular weight is 333 g/mol. The lowest BCUT2D eigenvalue weighted by molar-refractivity contribution is -0.0530. The van der Waals surface area contributed by atoms with Crippen LogP contribution >= 0.6 is 0 Å². The third-order valence-corrected chi connectivity index (χ3v) is 4.10. The minimum atomic E-state index is -0.291. The zero-order valence-electron chi connectivity index (χ0n) is 14.0. The second kappa shape index (κ2) is 7.09. The van der Waals surface area contributed by atoms with Gasteiger partial charge in [0.2, 0.25) is 0 Å². The van der Waals surface area contributed by atoms with Crippen LogP contribution in [0.1, 0.15) is 19.4 Å². The van der Waals surface area contributed by atoms with Crippen LogP contribution < -0.4 is 5.32 Å². The molecule has 3 rings (SSSR count). The number of rotatable bonds is 3. The minimum absolute atomic E-state index is 0.0343. The summed E-state index contributed by atoms with van der Waals surface area (Å²) < 4.78 is 10.6. The highest BCUT2D eigenvalue weighted by Crippen LogP contribution is 2.17. The van der Waals surface area contributed by atoms with Gasteiger partial charge in [0.15, 0.2) is 0 Å². The van der Waals surface area contributed by atoms with Crippen molar-refractivity contribution >= 4 is 17.8 Å². The molecule has 0 saturated carbocycles. The Kier molecular flexibility index (Phi) is 4.89. The van der Waals surface area contributed by atoms with Gasteiger partial charge in [-0.3, -0.25) is 0 Å². The maximum Gasteiger partial charge on any atom is 0.410 e. The SMILES string of the molecule is C[C@H]1CN(C(=O)Nc2cccc(CN3CCOC3=O)c2)C[C@H](C)O1. The number of amides is 3. The number of anilines is 1. The molecule has 0 spiro atoms. The lowest BCUT2D eigenvalue weighted by Crippen LogP contribution is -2.49. The van der Waals surface area contributed by atoms with Crippen molar-refractivity contribution in [3.05, 3.63) is 29.8 Å². The number of carbonyl (C=O) groups excluding carboxylic acids is 2. The van der Waals surface area contributed by atoms with Crippen molar-refractivity contribution < 1.29 is 19.1 Å². The maximum atomic E-state index is 12.4. The van der Waals surface area contributed by atoms with E-state index in [-0.39, 0.29) is 24.3 Å². The fourth-order valence-electron chi connectivity index (χ4n) is 3.08. The molecule has 24 heavy (non-hydrogen) atoms. The van der Waals surface area contributed by atoms with E-state index in [9.17, 15) is 9.59 Å². The zero-order valence-corrected chi connectivity index (χ0v) is 14.0. The first-order chi connectivity index (χ1) is 11.5. The van der Waals surface area contributed by atoms with Crippen LogP contribution in [0.4, 0.5) is 15.3 Å². The molecule has 2 fully saturated rings. The summed E-state index contributed by atoms with van der Waals surface area (Å²) >= 11 is 0. The molecule has 0 aromatic heterocycles. The van der Waals surface area contributed by atoms with E-state index in [1.54, 1.807) is 9.80 Å². The molecule has 130 valence electrons. The first kappa shape index (κ1) is 16.6. The van der Waals surface area contributed by atoms with Gasteiger partial charge in [0, 0.05) is 25.3 Å². The minimum Gasteiger partial charge on any atom is -0.448 e. The lowest BCUT2D eigenvalue weighted by atomic mass is 10.2. The van der Waals surface area contributed by atoms with Crippen molar-refractivity contribution in [1.82, 2.24) is 9.80 Å². The molecule has 0 aliphatic carbocycles. The highest BCUT2D eigenvalue weighted by molar-refractivity contribution is 5.89. The van der Waals surface area contributed by atoms with E-state index in [2.05, 4.69) is 5.32 Å². The fourth-order valence-corrected chi connectivity index (χ4v) is 3.08. The molecule has 2 aliphatic rings. The molecule has 7 heteroatoms. The third-order valence-electron chi connectivity index (χ3n) is 4.10. The van der Waals surface area contributed by atoms with E-state index in [4.69, 9.17) is 9.47 Å². The molecule has 2 aliphatic heterocycles. The number of nitrogens with one attached hydrogen (secondary N) is 1. The van der Waals surface area contributed by atoms with Gasteiger partial charge in [-0.2, -0.15) is 0 Å². The number of hydrogen-bond donors (Lipinski definition) is 1. The molecular weight excluding hydrogens is 310 g/mol. The largest absolute Gasteiger partial charge is 0.448 e. The number of hydrogen-bond acceptors (Lipinski definition) is 4. The van der Waals surface area contributed by atoms with Crippen molar-refractivity contribution in [3.63, 3.8) is 0 Å². The molecule has 0 unspecified atom stereocenters. The zero-order chi connectivity index (χ0) is 17.1. The summed E-state index contributed by atoms with van der Waals surface area (Å²) in [7, 11) is 0. The number of ether oxygens (including phenoxy) is 2. The molecule has 0 radical (unpaired) electrons. The van der Waals surface area contributed by atoms with Gasteiger partial charge >= 0.3 is 12.1 Å². The Hall–Kier alpha value is -2.28.